The van der Waals surface area contributed by atoms with E-state index in [4.69, 9.17) is 16.3 Å². The van der Waals surface area contributed by atoms with Crippen molar-refractivity contribution in [1.82, 2.24) is 9.97 Å². The van der Waals surface area contributed by atoms with Crippen molar-refractivity contribution < 1.29 is 28.2 Å². The molecule has 0 radical (unpaired) electrons. The summed E-state index contributed by atoms with van der Waals surface area (Å²) in [4.78, 5) is 21.7. The third kappa shape index (κ3) is 5.01. The zero-order chi connectivity index (χ0) is 21.1. The Kier molecular flexibility index (Phi) is 6.33. The Morgan fingerprint density at radius 3 is 2.62 bits per heavy atom. The predicted octanol–water partition coefficient (Wildman–Crippen LogP) is 3.61. The van der Waals surface area contributed by atoms with Gasteiger partial charge < -0.3 is 19.9 Å². The van der Waals surface area contributed by atoms with E-state index in [1.165, 1.54) is 23.1 Å². The Morgan fingerprint density at radius 1 is 1.31 bits per heavy atom. The zero-order valence-electron chi connectivity index (χ0n) is 15.6. The van der Waals surface area contributed by atoms with Gasteiger partial charge in [-0.1, -0.05) is 23.7 Å². The van der Waals surface area contributed by atoms with Gasteiger partial charge in [0, 0.05) is 6.07 Å². The molecular weight excluding hydrogens is 410 g/mol. The second-order valence-electron chi connectivity index (χ2n) is 6.44. The van der Waals surface area contributed by atoms with Gasteiger partial charge in [-0.05, 0) is 31.5 Å². The molecule has 0 aliphatic carbocycles. The topological polar surface area (TPSA) is 96.8 Å². The number of nitrogens with zero attached hydrogens (tertiary/aromatic N) is 3. The number of benzene rings is 1. The minimum absolute atomic E-state index is 0.0321. The Morgan fingerprint density at radius 2 is 2.00 bits per heavy atom. The van der Waals surface area contributed by atoms with Gasteiger partial charge in [0.2, 0.25) is 5.95 Å². The van der Waals surface area contributed by atoms with Crippen LogP contribution in [0.5, 0.6) is 5.75 Å². The number of anilines is 2. The average molecular weight is 429 g/mol. The van der Waals surface area contributed by atoms with E-state index in [0.717, 1.165) is 5.56 Å². The summed E-state index contributed by atoms with van der Waals surface area (Å²) in [5, 5.41) is 13.0. The molecule has 2 N–H and O–H groups in total. The summed E-state index contributed by atoms with van der Waals surface area (Å²) >= 11 is 6.08. The van der Waals surface area contributed by atoms with Crippen molar-refractivity contribution >= 4 is 29.5 Å². The Balaban J connectivity index is 1.78. The fourth-order valence-corrected chi connectivity index (χ4v) is 3.04. The molecule has 1 aliphatic heterocycles. The molecule has 1 aromatic carbocycles. The normalized spacial score (nSPS) is 18.5. The van der Waals surface area contributed by atoms with Crippen LogP contribution in [-0.2, 0) is 4.74 Å². The zero-order valence-corrected chi connectivity index (χ0v) is 16.3. The minimum atomic E-state index is -2.89. The molecule has 1 aliphatic rings. The quantitative estimate of drug-likeness (QED) is 0.650. The summed E-state index contributed by atoms with van der Waals surface area (Å²) in [6.45, 7) is 0.503. The molecule has 1 saturated heterocycles. The fourth-order valence-electron chi connectivity index (χ4n) is 2.86. The molecule has 0 spiro atoms. The Hall–Kier alpha value is -2.72. The lowest BCUT2D eigenvalue weighted by Crippen LogP contribution is -2.41. The van der Waals surface area contributed by atoms with Gasteiger partial charge >= 0.3 is 12.7 Å². The molecule has 1 amide bonds. The number of cyclic esters (lactones) is 1. The molecule has 29 heavy (non-hydrogen) atoms. The molecule has 11 heteroatoms. The Bertz CT molecular complexity index is 869. The second-order valence-corrected chi connectivity index (χ2v) is 6.83. The van der Waals surface area contributed by atoms with Gasteiger partial charge in [0.1, 0.15) is 29.4 Å². The number of hydrogen-bond donors (Lipinski definition) is 2. The van der Waals surface area contributed by atoms with E-state index in [-0.39, 0.29) is 35.3 Å². The molecular formula is C18H19ClF2N4O4. The third-order valence-corrected chi connectivity index (χ3v) is 4.54. The number of rotatable bonds is 7. The van der Waals surface area contributed by atoms with Crippen LogP contribution in [0.15, 0.2) is 30.3 Å². The lowest BCUT2D eigenvalue weighted by atomic mass is 10.1. The second kappa shape index (κ2) is 8.75. The number of amides is 1. The maximum atomic E-state index is 12.3. The summed E-state index contributed by atoms with van der Waals surface area (Å²) < 4.78 is 33.8. The van der Waals surface area contributed by atoms with Crippen LogP contribution < -0.4 is 15.0 Å². The highest BCUT2D eigenvalue weighted by Gasteiger charge is 2.38. The first-order valence-electron chi connectivity index (χ1n) is 8.74. The van der Waals surface area contributed by atoms with E-state index in [1.54, 1.807) is 19.1 Å². The van der Waals surface area contributed by atoms with Crippen molar-refractivity contribution in [1.29, 1.82) is 0 Å². The van der Waals surface area contributed by atoms with E-state index in [2.05, 4.69) is 20.0 Å². The van der Waals surface area contributed by atoms with Crippen LogP contribution in [0.25, 0.3) is 0 Å². The van der Waals surface area contributed by atoms with E-state index in [0.29, 0.717) is 0 Å². The highest BCUT2D eigenvalue weighted by molar-refractivity contribution is 6.29. The van der Waals surface area contributed by atoms with Crippen LogP contribution >= 0.6 is 11.6 Å². The molecule has 8 nitrogen and oxygen atoms in total. The lowest BCUT2D eigenvalue weighted by molar-refractivity contribution is -0.0498. The standard InChI is InChI=1S/C18H19ClF2N4O4/c1-9(11-3-5-12(6-4-11)29-16(20)21)22-17-23-14(19)7-15(24-17)25-13(10(2)26)8-28-18(25)27/h3-7,9-10,13,16,26H,8H2,1-2H3,(H,22,23,24)/t9-,10+,13?/m0/s1. The van der Waals surface area contributed by atoms with Crippen molar-refractivity contribution in [3.63, 3.8) is 0 Å². The SMILES string of the molecule is C[C@H](Nc1nc(Cl)cc(N2C(=O)OCC2[C@@H](C)O)n1)c1ccc(OC(F)F)cc1. The molecule has 1 aromatic heterocycles. The number of halogens is 3. The number of nitrogens with one attached hydrogen (secondary N) is 1. The van der Waals surface area contributed by atoms with Gasteiger partial charge in [0.05, 0.1) is 12.1 Å². The van der Waals surface area contributed by atoms with Gasteiger partial charge in [0.25, 0.3) is 0 Å². The highest BCUT2D eigenvalue weighted by atomic mass is 35.5. The van der Waals surface area contributed by atoms with Crippen LogP contribution in [0.4, 0.5) is 25.3 Å². The lowest BCUT2D eigenvalue weighted by Gasteiger charge is -2.23. The van der Waals surface area contributed by atoms with Crippen LogP contribution in [0, 0.1) is 0 Å². The highest BCUT2D eigenvalue weighted by Crippen LogP contribution is 2.28. The average Bonchev–Trinajstić information content (AvgIpc) is 3.03. The summed E-state index contributed by atoms with van der Waals surface area (Å²) in [7, 11) is 0. The van der Waals surface area contributed by atoms with Gasteiger partial charge in [-0.3, -0.25) is 4.90 Å². The number of aliphatic hydroxyl groups is 1. The number of aliphatic hydroxyl groups excluding tert-OH is 1. The number of ether oxygens (including phenoxy) is 2. The largest absolute Gasteiger partial charge is 0.447 e. The molecule has 1 fully saturated rings. The first-order valence-corrected chi connectivity index (χ1v) is 9.12. The van der Waals surface area contributed by atoms with E-state index < -0.39 is 24.9 Å². The molecule has 3 atom stereocenters. The number of carbonyl (C=O) groups excluding carboxylic acids is 1. The third-order valence-electron chi connectivity index (χ3n) is 4.34. The number of hydrogen-bond acceptors (Lipinski definition) is 7. The maximum Gasteiger partial charge on any atom is 0.416 e. The smallest absolute Gasteiger partial charge is 0.416 e. The summed E-state index contributed by atoms with van der Waals surface area (Å²) in [5.74, 6) is 0.389. The van der Waals surface area contributed by atoms with Crippen molar-refractivity contribution in [2.45, 2.75) is 38.6 Å². The van der Waals surface area contributed by atoms with E-state index in [1.807, 2.05) is 6.92 Å². The molecule has 0 saturated carbocycles. The summed E-state index contributed by atoms with van der Waals surface area (Å²) in [6, 6.07) is 6.61. The van der Waals surface area contributed by atoms with Crippen molar-refractivity contribution in [3.05, 3.63) is 41.0 Å². The Labute approximate surface area is 170 Å². The summed E-state index contributed by atoms with van der Waals surface area (Å²) in [6.07, 6.45) is -1.47. The molecule has 1 unspecified atom stereocenters. The van der Waals surface area contributed by atoms with E-state index >= 15 is 0 Å². The van der Waals surface area contributed by atoms with Crippen LogP contribution in [-0.4, -0.2) is 46.5 Å². The van der Waals surface area contributed by atoms with Gasteiger partial charge in [-0.15, -0.1) is 0 Å². The number of alkyl halides is 2. The fraction of sp³-hybridized carbons (Fsp3) is 0.389. The van der Waals surface area contributed by atoms with Crippen LogP contribution in [0.3, 0.4) is 0 Å². The van der Waals surface area contributed by atoms with Crippen molar-refractivity contribution in [2.75, 3.05) is 16.8 Å². The monoisotopic (exact) mass is 428 g/mol. The minimum Gasteiger partial charge on any atom is -0.447 e. The van der Waals surface area contributed by atoms with Crippen molar-refractivity contribution in [2.24, 2.45) is 0 Å². The molecule has 156 valence electrons. The summed E-state index contributed by atoms with van der Waals surface area (Å²) in [5.41, 5.74) is 0.763. The molecule has 2 heterocycles. The van der Waals surface area contributed by atoms with Crippen LogP contribution in [0.1, 0.15) is 25.5 Å². The van der Waals surface area contributed by atoms with Crippen molar-refractivity contribution in [3.8, 4) is 5.75 Å². The first-order chi connectivity index (χ1) is 13.7. The van der Waals surface area contributed by atoms with Gasteiger partial charge in [-0.25, -0.2) is 9.78 Å². The molecule has 0 bridgehead atoms. The van der Waals surface area contributed by atoms with Gasteiger partial charge in [-0.2, -0.15) is 13.8 Å². The molecule has 3 rings (SSSR count). The molecule has 2 aromatic rings. The predicted molar refractivity (Wildman–Crippen MR) is 101 cm³/mol. The van der Waals surface area contributed by atoms with Crippen LogP contribution in [0.2, 0.25) is 5.15 Å². The van der Waals surface area contributed by atoms with Gasteiger partial charge in [0.15, 0.2) is 0 Å². The maximum absolute atomic E-state index is 12.3. The number of aromatic nitrogens is 2. The number of carbonyl (C=O) groups is 1. The van der Waals surface area contributed by atoms with E-state index in [9.17, 15) is 18.7 Å². The first kappa shape index (κ1) is 21.0.